The van der Waals surface area contributed by atoms with Crippen LogP contribution in [0, 0.1) is 0 Å². The van der Waals surface area contributed by atoms with Gasteiger partial charge in [-0.25, -0.2) is 8.93 Å². The first-order valence-corrected chi connectivity index (χ1v) is 12.0. The van der Waals surface area contributed by atoms with Crippen LogP contribution < -0.4 is 21.1 Å². The molecule has 2 amide bonds. The van der Waals surface area contributed by atoms with E-state index in [1.165, 1.54) is 6.42 Å². The van der Waals surface area contributed by atoms with Crippen molar-refractivity contribution in [2.75, 3.05) is 13.1 Å². The number of hydrogen-bond donors (Lipinski definition) is 4. The molecule has 0 aromatic heterocycles. The van der Waals surface area contributed by atoms with Crippen LogP contribution in [0.2, 0.25) is 0 Å². The largest absolute Gasteiger partial charge is 0.350 e. The highest BCUT2D eigenvalue weighted by Crippen LogP contribution is 2.17. The summed E-state index contributed by atoms with van der Waals surface area (Å²) in [5.41, 5.74) is 8.50. The van der Waals surface area contributed by atoms with Gasteiger partial charge in [0.2, 0.25) is 11.8 Å². The third-order valence-electron chi connectivity index (χ3n) is 4.17. The van der Waals surface area contributed by atoms with Crippen LogP contribution in [0.15, 0.2) is 54.6 Å². The quantitative estimate of drug-likeness (QED) is 0.436. The molecule has 0 aliphatic carbocycles. The van der Waals surface area contributed by atoms with Crippen molar-refractivity contribution < 1.29 is 13.8 Å². The van der Waals surface area contributed by atoms with Crippen molar-refractivity contribution in [3.63, 3.8) is 0 Å². The second kappa shape index (κ2) is 14.5. The summed E-state index contributed by atoms with van der Waals surface area (Å²) in [7, 11) is -1.36. The summed E-state index contributed by atoms with van der Waals surface area (Å²) in [5.74, 6) is -0.377. The molecule has 0 radical (unpaired) electrons. The fourth-order valence-corrected chi connectivity index (χ4v) is 3.37. The molecule has 2 aromatic carbocycles. The highest BCUT2D eigenvalue weighted by molar-refractivity contribution is 7.82. The first-order valence-electron chi connectivity index (χ1n) is 10.7. The Kier molecular flexibility index (Phi) is 12.5. The zero-order valence-electron chi connectivity index (χ0n) is 19.4. The van der Waals surface area contributed by atoms with Gasteiger partial charge in [0.05, 0.1) is 29.8 Å². The van der Waals surface area contributed by atoms with Crippen LogP contribution >= 0.6 is 0 Å². The van der Waals surface area contributed by atoms with Crippen molar-refractivity contribution in [3.05, 3.63) is 71.3 Å². The van der Waals surface area contributed by atoms with Crippen LogP contribution in [0.1, 0.15) is 50.8 Å². The molecule has 32 heavy (non-hydrogen) atoms. The van der Waals surface area contributed by atoms with E-state index in [0.717, 1.165) is 16.7 Å². The Bertz CT molecular complexity index is 850. The number of benzene rings is 2. The number of carbonyl (C=O) groups excluding carboxylic acids is 2. The number of nitrogens with two attached hydrogens (primary N) is 1. The lowest BCUT2D eigenvalue weighted by Crippen LogP contribution is -2.41. The Labute approximate surface area is 194 Å². The van der Waals surface area contributed by atoms with Crippen LogP contribution in [-0.2, 0) is 38.4 Å². The van der Waals surface area contributed by atoms with Crippen LogP contribution in [0.5, 0.6) is 0 Å². The van der Waals surface area contributed by atoms with Gasteiger partial charge in [-0.15, -0.1) is 0 Å². The van der Waals surface area contributed by atoms with Gasteiger partial charge in [0, 0.05) is 12.1 Å². The van der Waals surface area contributed by atoms with E-state index in [1.54, 1.807) is 0 Å². The zero-order valence-corrected chi connectivity index (χ0v) is 20.3. The van der Waals surface area contributed by atoms with E-state index in [1.807, 2.05) is 68.4 Å². The maximum atomic E-state index is 11.9. The summed E-state index contributed by atoms with van der Waals surface area (Å²) < 4.78 is 14.6. The van der Waals surface area contributed by atoms with Gasteiger partial charge in [-0.3, -0.25) is 9.59 Å². The molecule has 1 unspecified atom stereocenters. The van der Waals surface area contributed by atoms with Gasteiger partial charge in [-0.2, -0.15) is 0 Å². The molecule has 0 aliphatic heterocycles. The highest BCUT2D eigenvalue weighted by Gasteiger charge is 2.13. The number of carbonyl (C=O) groups is 2. The first kappa shape index (κ1) is 27.5. The van der Waals surface area contributed by atoms with Crippen molar-refractivity contribution in [1.29, 1.82) is 0 Å². The molecule has 7 nitrogen and oxygen atoms in total. The van der Waals surface area contributed by atoms with Crippen LogP contribution in [0.25, 0.3) is 0 Å². The van der Waals surface area contributed by atoms with E-state index in [0.29, 0.717) is 12.3 Å². The molecule has 0 fully saturated rings. The smallest absolute Gasteiger partial charge is 0.239 e. The minimum atomic E-state index is -1.36. The molecule has 5 N–H and O–H groups in total. The average molecular weight is 461 g/mol. The fraction of sp³-hybridized carbons (Fsp3) is 0.417. The van der Waals surface area contributed by atoms with E-state index in [-0.39, 0.29) is 19.0 Å². The van der Waals surface area contributed by atoms with Crippen molar-refractivity contribution in [2.45, 2.75) is 52.0 Å². The molecule has 8 heteroatoms. The maximum absolute atomic E-state index is 11.9. The van der Waals surface area contributed by atoms with Gasteiger partial charge in [0.15, 0.2) is 0 Å². The van der Waals surface area contributed by atoms with Gasteiger partial charge < -0.3 is 16.4 Å². The molecular formula is C24H36N4O3S. The molecular weight excluding hydrogens is 424 g/mol. The number of nitrogens with one attached hydrogen (secondary N) is 3. The molecule has 0 saturated heterocycles. The Hall–Kier alpha value is -2.55. The molecule has 0 spiro atoms. The second-order valence-corrected chi connectivity index (χ2v) is 9.24. The van der Waals surface area contributed by atoms with E-state index in [9.17, 15) is 13.8 Å². The Morgan fingerprint density at radius 2 is 1.44 bits per heavy atom. The lowest BCUT2D eigenvalue weighted by Gasteiger charge is -2.19. The SMILES string of the molecule is CC(C)(N)c1ccc(CNC(=O)CNC(=O)CNS(=O)Cc2ccccc2)cc1.CCC. The summed E-state index contributed by atoms with van der Waals surface area (Å²) in [5, 5.41) is 5.25. The Morgan fingerprint density at radius 3 is 2.00 bits per heavy atom. The van der Waals surface area contributed by atoms with Gasteiger partial charge in [0.1, 0.15) is 0 Å². The molecule has 2 aromatic rings. The summed E-state index contributed by atoms with van der Waals surface area (Å²) in [6, 6.07) is 17.0. The van der Waals surface area contributed by atoms with E-state index in [2.05, 4.69) is 29.2 Å². The summed E-state index contributed by atoms with van der Waals surface area (Å²) >= 11 is 0. The van der Waals surface area contributed by atoms with Crippen molar-refractivity contribution in [1.82, 2.24) is 15.4 Å². The topological polar surface area (TPSA) is 113 Å². The zero-order chi connectivity index (χ0) is 24.0. The van der Waals surface area contributed by atoms with Crippen LogP contribution in [-0.4, -0.2) is 29.1 Å². The summed E-state index contributed by atoms with van der Waals surface area (Å²) in [4.78, 5) is 23.7. The van der Waals surface area contributed by atoms with E-state index in [4.69, 9.17) is 5.73 Å². The van der Waals surface area contributed by atoms with Crippen molar-refractivity contribution in [2.24, 2.45) is 5.73 Å². The molecule has 0 aliphatic rings. The highest BCUT2D eigenvalue weighted by atomic mass is 32.2. The Balaban J connectivity index is 0.00000161. The number of rotatable bonds is 10. The molecule has 0 heterocycles. The lowest BCUT2D eigenvalue weighted by atomic mass is 9.95. The second-order valence-electron chi connectivity index (χ2n) is 7.98. The van der Waals surface area contributed by atoms with Crippen LogP contribution in [0.4, 0.5) is 0 Å². The third kappa shape index (κ3) is 11.7. The van der Waals surface area contributed by atoms with E-state index >= 15 is 0 Å². The molecule has 176 valence electrons. The standard InChI is InChI=1S/C21H28N4O3S.C3H8/c1-21(2,22)18-10-8-16(9-11-18)12-23-19(26)13-24-20(27)14-25-29(28)15-17-6-4-3-5-7-17;1-3-2/h3-11,25H,12-15,22H2,1-2H3,(H,23,26)(H,24,27);3H2,1-2H3. The third-order valence-corrected chi connectivity index (χ3v) is 5.23. The average Bonchev–Trinajstić information content (AvgIpc) is 2.76. The van der Waals surface area contributed by atoms with Gasteiger partial charge in [-0.1, -0.05) is 74.9 Å². The lowest BCUT2D eigenvalue weighted by molar-refractivity contribution is -0.125. The van der Waals surface area contributed by atoms with Gasteiger partial charge in [0.25, 0.3) is 0 Å². The number of hydrogen-bond acceptors (Lipinski definition) is 4. The van der Waals surface area contributed by atoms with Crippen LogP contribution in [0.3, 0.4) is 0 Å². The minimum absolute atomic E-state index is 0.122. The van der Waals surface area contributed by atoms with Gasteiger partial charge >= 0.3 is 0 Å². The summed E-state index contributed by atoms with van der Waals surface area (Å²) in [6.45, 7) is 8.21. The molecule has 0 bridgehead atoms. The molecule has 0 saturated carbocycles. The van der Waals surface area contributed by atoms with Crippen molar-refractivity contribution >= 4 is 22.8 Å². The van der Waals surface area contributed by atoms with Gasteiger partial charge in [-0.05, 0) is 30.5 Å². The molecule has 1 atom stereocenters. The maximum Gasteiger partial charge on any atom is 0.239 e. The Morgan fingerprint density at radius 1 is 0.875 bits per heavy atom. The summed E-state index contributed by atoms with van der Waals surface area (Å²) in [6.07, 6.45) is 1.25. The first-order chi connectivity index (χ1) is 15.2. The molecule has 2 rings (SSSR count). The monoisotopic (exact) mass is 460 g/mol. The predicted octanol–water partition coefficient (Wildman–Crippen LogP) is 2.48. The predicted molar refractivity (Wildman–Crippen MR) is 131 cm³/mol. The van der Waals surface area contributed by atoms with Crippen molar-refractivity contribution in [3.8, 4) is 0 Å². The minimum Gasteiger partial charge on any atom is -0.350 e. The normalized spacial score (nSPS) is 11.7. The number of amides is 2. The fourth-order valence-electron chi connectivity index (χ4n) is 2.48. The van der Waals surface area contributed by atoms with E-state index < -0.39 is 22.4 Å².